The van der Waals surface area contributed by atoms with Crippen molar-refractivity contribution in [2.24, 2.45) is 11.8 Å². The third-order valence-electron chi connectivity index (χ3n) is 12.1. The molecule has 2 unspecified atom stereocenters. The van der Waals surface area contributed by atoms with E-state index in [-0.39, 0.29) is 18.5 Å². The fourth-order valence-corrected chi connectivity index (χ4v) is 8.15. The van der Waals surface area contributed by atoms with Gasteiger partial charge in [0.05, 0.1) is 13.2 Å². The van der Waals surface area contributed by atoms with Gasteiger partial charge in [-0.15, -0.1) is 0 Å². The Hall–Kier alpha value is -1.40. The van der Waals surface area contributed by atoms with E-state index < -0.39 is 0 Å². The van der Waals surface area contributed by atoms with Gasteiger partial charge in [-0.3, -0.25) is 9.59 Å². The second-order valence-corrected chi connectivity index (χ2v) is 17.8. The molecule has 0 aromatic rings. The Morgan fingerprint density at radius 2 is 0.810 bits per heavy atom. The highest BCUT2D eigenvalue weighted by atomic mass is 16.5. The summed E-state index contributed by atoms with van der Waals surface area (Å²) in [4.78, 5) is 27.7. The van der Waals surface area contributed by atoms with E-state index >= 15 is 0 Å². The summed E-state index contributed by atoms with van der Waals surface area (Å²) in [5.74, 6) is 1.05. The minimum atomic E-state index is -0.00449. The van der Waals surface area contributed by atoms with E-state index in [1.54, 1.807) is 0 Å². The van der Waals surface area contributed by atoms with E-state index in [0.29, 0.717) is 37.9 Å². The number of hydrogen-bond acceptors (Lipinski definition) is 6. The number of hydrogen-bond donors (Lipinski definition) is 1. The van der Waals surface area contributed by atoms with Gasteiger partial charge in [-0.2, -0.15) is 0 Å². The molecule has 0 amide bonds. The summed E-state index contributed by atoms with van der Waals surface area (Å²) in [6.45, 7) is 13.8. The molecule has 58 heavy (non-hydrogen) atoms. The number of ether oxygens (including phenoxy) is 2. The number of allylic oxidation sites excluding steroid dienone is 2. The predicted molar refractivity (Wildman–Crippen MR) is 250 cm³/mol. The number of nitrogens with zero attached hydrogens (tertiary/aromatic N) is 1. The minimum Gasteiger partial charge on any atom is -0.465 e. The van der Waals surface area contributed by atoms with Crippen LogP contribution in [0.3, 0.4) is 0 Å². The number of unbranched alkanes of at least 4 members (excludes halogenated alkanes) is 22. The van der Waals surface area contributed by atoms with Crippen molar-refractivity contribution < 1.29 is 24.2 Å². The van der Waals surface area contributed by atoms with Crippen molar-refractivity contribution in [3.05, 3.63) is 12.2 Å². The van der Waals surface area contributed by atoms with Crippen LogP contribution in [0.5, 0.6) is 0 Å². The molecule has 0 aromatic carbocycles. The molecule has 0 spiro atoms. The highest BCUT2D eigenvalue weighted by Gasteiger charge is 2.14. The summed E-state index contributed by atoms with van der Waals surface area (Å²) < 4.78 is 11.6. The Morgan fingerprint density at radius 1 is 0.448 bits per heavy atom. The van der Waals surface area contributed by atoms with Gasteiger partial charge in [0.25, 0.3) is 0 Å². The molecule has 6 nitrogen and oxygen atoms in total. The monoisotopic (exact) mass is 820 g/mol. The first-order valence-corrected chi connectivity index (χ1v) is 25.8. The fourth-order valence-electron chi connectivity index (χ4n) is 8.15. The average Bonchev–Trinajstić information content (AvgIpc) is 3.22. The lowest BCUT2D eigenvalue weighted by Gasteiger charge is -2.22. The van der Waals surface area contributed by atoms with E-state index in [9.17, 15) is 14.7 Å². The van der Waals surface area contributed by atoms with Crippen LogP contribution in [0.15, 0.2) is 12.2 Å². The van der Waals surface area contributed by atoms with Gasteiger partial charge >= 0.3 is 11.9 Å². The first kappa shape index (κ1) is 56.6. The second-order valence-electron chi connectivity index (χ2n) is 17.8. The zero-order valence-corrected chi connectivity index (χ0v) is 39.5. The van der Waals surface area contributed by atoms with Crippen molar-refractivity contribution in [3.63, 3.8) is 0 Å². The van der Waals surface area contributed by atoms with Crippen molar-refractivity contribution in [1.82, 2.24) is 4.90 Å². The first-order valence-electron chi connectivity index (χ1n) is 25.8. The Balaban J connectivity index is 4.23. The smallest absolute Gasteiger partial charge is 0.305 e. The number of esters is 2. The van der Waals surface area contributed by atoms with Crippen molar-refractivity contribution in [2.75, 3.05) is 39.5 Å². The molecule has 0 aliphatic heterocycles. The lowest BCUT2D eigenvalue weighted by atomic mass is 9.95. The second kappa shape index (κ2) is 46.7. The van der Waals surface area contributed by atoms with Crippen LogP contribution < -0.4 is 0 Å². The third kappa shape index (κ3) is 41.3. The summed E-state index contributed by atoms with van der Waals surface area (Å²) in [5.41, 5.74) is 0. The standard InChI is InChI=1S/C52H101NO5/c1-5-9-13-17-21-29-39-49(37-27-15-11-7-3)47-57-51(55)41-31-23-19-25-33-43-53(45-35-36-46-54)44-34-26-20-24-32-42-52(56)58-48-50(38-28-16-12-8-4)40-30-22-18-14-10-6-2/h9,13,49-50,54H,5-8,10-12,14-48H2,1-4H3/b13-9+. The molecule has 2 atom stereocenters. The summed E-state index contributed by atoms with van der Waals surface area (Å²) in [7, 11) is 0. The molecular formula is C52H101NO5. The molecule has 0 bridgehead atoms. The molecule has 0 heterocycles. The van der Waals surface area contributed by atoms with Gasteiger partial charge in [0.1, 0.15) is 0 Å². The van der Waals surface area contributed by atoms with Crippen LogP contribution in [0.2, 0.25) is 0 Å². The molecule has 0 rings (SSSR count). The molecule has 0 saturated heterocycles. The lowest BCUT2D eigenvalue weighted by molar-refractivity contribution is -0.146. The highest BCUT2D eigenvalue weighted by molar-refractivity contribution is 5.69. The summed E-state index contributed by atoms with van der Waals surface area (Å²) in [6.07, 6.45) is 46.5. The third-order valence-corrected chi connectivity index (χ3v) is 12.1. The number of carbonyl (C=O) groups excluding carboxylic acids is 2. The molecule has 6 heteroatoms. The van der Waals surface area contributed by atoms with E-state index in [4.69, 9.17) is 9.47 Å². The van der Waals surface area contributed by atoms with Gasteiger partial charge in [-0.1, -0.05) is 175 Å². The van der Waals surface area contributed by atoms with E-state index in [1.165, 1.54) is 173 Å². The first-order chi connectivity index (χ1) is 28.5. The van der Waals surface area contributed by atoms with Crippen LogP contribution in [0.25, 0.3) is 0 Å². The van der Waals surface area contributed by atoms with Crippen LogP contribution in [0.4, 0.5) is 0 Å². The molecule has 0 aliphatic rings. The Kier molecular flexibility index (Phi) is 45.5. The predicted octanol–water partition coefficient (Wildman–Crippen LogP) is 15.3. The Morgan fingerprint density at radius 3 is 1.24 bits per heavy atom. The number of carbonyl (C=O) groups is 2. The normalized spacial score (nSPS) is 12.8. The molecule has 0 aliphatic carbocycles. The van der Waals surface area contributed by atoms with Crippen LogP contribution in [-0.2, 0) is 19.1 Å². The molecule has 0 aromatic heterocycles. The zero-order valence-electron chi connectivity index (χ0n) is 39.5. The fraction of sp³-hybridized carbons (Fsp3) is 0.923. The maximum atomic E-state index is 12.6. The molecular weight excluding hydrogens is 719 g/mol. The molecule has 344 valence electrons. The number of aliphatic hydroxyl groups is 1. The highest BCUT2D eigenvalue weighted by Crippen LogP contribution is 2.21. The van der Waals surface area contributed by atoms with Gasteiger partial charge in [-0.05, 0) is 115 Å². The van der Waals surface area contributed by atoms with Crippen LogP contribution in [0, 0.1) is 11.8 Å². The van der Waals surface area contributed by atoms with Crippen molar-refractivity contribution in [1.29, 1.82) is 0 Å². The van der Waals surface area contributed by atoms with Crippen LogP contribution in [-0.4, -0.2) is 61.4 Å². The SMILES string of the molecule is CC/C=C/CCCCC(CCCCCC)COC(=O)CCCCCCCN(CCCCO)CCCCCCCC(=O)OCC(CCCCCC)CCCCCCCC. The summed E-state index contributed by atoms with van der Waals surface area (Å²) in [6, 6.07) is 0. The van der Waals surface area contributed by atoms with Crippen LogP contribution in [0.1, 0.15) is 259 Å². The molecule has 1 N–H and O–H groups in total. The zero-order chi connectivity index (χ0) is 42.4. The molecule has 0 saturated carbocycles. The Labute approximate surface area is 362 Å². The summed E-state index contributed by atoms with van der Waals surface area (Å²) >= 11 is 0. The average molecular weight is 820 g/mol. The van der Waals surface area contributed by atoms with Crippen molar-refractivity contribution >= 4 is 11.9 Å². The van der Waals surface area contributed by atoms with Crippen molar-refractivity contribution in [3.8, 4) is 0 Å². The quantitative estimate of drug-likeness (QED) is 0.0374. The maximum absolute atomic E-state index is 12.6. The molecule has 0 fully saturated rings. The number of rotatable bonds is 47. The van der Waals surface area contributed by atoms with Crippen LogP contribution >= 0.6 is 0 Å². The summed E-state index contributed by atoms with van der Waals surface area (Å²) in [5, 5.41) is 9.32. The van der Waals surface area contributed by atoms with Crippen molar-refractivity contribution in [2.45, 2.75) is 259 Å². The minimum absolute atomic E-state index is 0.00449. The van der Waals surface area contributed by atoms with E-state index in [0.717, 1.165) is 64.6 Å². The van der Waals surface area contributed by atoms with Gasteiger partial charge in [0, 0.05) is 19.4 Å². The number of aliphatic hydroxyl groups excluding tert-OH is 1. The van der Waals surface area contributed by atoms with E-state index in [2.05, 4.69) is 44.7 Å². The topological polar surface area (TPSA) is 76.1 Å². The van der Waals surface area contributed by atoms with Gasteiger partial charge in [0.2, 0.25) is 0 Å². The molecule has 0 radical (unpaired) electrons. The van der Waals surface area contributed by atoms with Gasteiger partial charge in [-0.25, -0.2) is 0 Å². The van der Waals surface area contributed by atoms with E-state index in [1.807, 2.05) is 0 Å². The largest absolute Gasteiger partial charge is 0.465 e. The van der Waals surface area contributed by atoms with Gasteiger partial charge < -0.3 is 19.5 Å². The van der Waals surface area contributed by atoms with Gasteiger partial charge in [0.15, 0.2) is 0 Å². The maximum Gasteiger partial charge on any atom is 0.305 e. The lowest BCUT2D eigenvalue weighted by Crippen LogP contribution is -2.27. The Bertz CT molecular complexity index is 878.